The van der Waals surface area contributed by atoms with Gasteiger partial charge in [-0.2, -0.15) is 0 Å². The summed E-state index contributed by atoms with van der Waals surface area (Å²) < 4.78 is 1.57. The summed E-state index contributed by atoms with van der Waals surface area (Å²) in [6.07, 6.45) is 0. The Labute approximate surface area is 134 Å². The zero-order valence-electron chi connectivity index (χ0n) is 13.9. The third kappa shape index (κ3) is 2.94. The van der Waals surface area contributed by atoms with E-state index in [0.717, 1.165) is 16.2 Å². The molecule has 0 atom stereocenters. The summed E-state index contributed by atoms with van der Waals surface area (Å²) >= 11 is 0. The fourth-order valence-electron chi connectivity index (χ4n) is 2.09. The highest BCUT2D eigenvalue weighted by Gasteiger charge is 2.37. The van der Waals surface area contributed by atoms with Crippen molar-refractivity contribution in [1.82, 2.24) is 19.9 Å². The number of carboxylic acids is 1. The second-order valence-electron chi connectivity index (χ2n) is 6.00. The molecule has 0 unspecified atom stereocenters. The number of carboxylic acid groups (broad SMARTS) is 1. The monoisotopic (exact) mass is 316 g/mol. The summed E-state index contributed by atoms with van der Waals surface area (Å²) in [5.41, 5.74) is 1.23. The zero-order valence-corrected chi connectivity index (χ0v) is 13.9. The van der Waals surface area contributed by atoms with Crippen molar-refractivity contribution in [2.24, 2.45) is 0 Å². The molecular formula is C16H20N4O3. The first-order valence-corrected chi connectivity index (χ1v) is 7.17. The van der Waals surface area contributed by atoms with Crippen LogP contribution < -0.4 is 0 Å². The van der Waals surface area contributed by atoms with Crippen LogP contribution in [0.15, 0.2) is 24.3 Å². The van der Waals surface area contributed by atoms with Crippen LogP contribution in [0.5, 0.6) is 0 Å². The van der Waals surface area contributed by atoms with E-state index in [2.05, 4.69) is 10.3 Å². The van der Waals surface area contributed by atoms with E-state index < -0.39 is 17.4 Å². The van der Waals surface area contributed by atoms with Crippen LogP contribution in [-0.4, -0.2) is 49.5 Å². The van der Waals surface area contributed by atoms with Crippen LogP contribution in [0.2, 0.25) is 0 Å². The number of nitrogens with zero attached hydrogens (tertiary/aromatic N) is 4. The molecule has 0 aliphatic rings. The summed E-state index contributed by atoms with van der Waals surface area (Å²) in [6.45, 7) is 6.63. The number of amides is 1. The van der Waals surface area contributed by atoms with Gasteiger partial charge in [0.1, 0.15) is 5.54 Å². The van der Waals surface area contributed by atoms with Gasteiger partial charge in [0.2, 0.25) is 0 Å². The first-order valence-electron chi connectivity index (χ1n) is 7.17. The number of hydrogen-bond acceptors (Lipinski definition) is 4. The van der Waals surface area contributed by atoms with E-state index in [9.17, 15) is 14.7 Å². The molecule has 1 N–H and O–H groups in total. The fraction of sp³-hybridized carbons (Fsp3) is 0.375. The largest absolute Gasteiger partial charge is 0.480 e. The molecule has 7 heteroatoms. The lowest BCUT2D eigenvalue weighted by atomic mass is 10.0. The predicted molar refractivity (Wildman–Crippen MR) is 84.6 cm³/mol. The van der Waals surface area contributed by atoms with E-state index >= 15 is 0 Å². The van der Waals surface area contributed by atoms with Crippen molar-refractivity contribution in [2.45, 2.75) is 33.2 Å². The Morgan fingerprint density at radius 3 is 2.48 bits per heavy atom. The van der Waals surface area contributed by atoms with E-state index in [1.807, 2.05) is 31.2 Å². The number of aromatic nitrogens is 3. The molecule has 1 aromatic carbocycles. The molecule has 1 heterocycles. The molecule has 1 amide bonds. The maximum atomic E-state index is 12.6. The van der Waals surface area contributed by atoms with E-state index in [1.165, 1.54) is 20.9 Å². The fourth-order valence-corrected chi connectivity index (χ4v) is 2.09. The van der Waals surface area contributed by atoms with Crippen LogP contribution in [0.4, 0.5) is 0 Å². The van der Waals surface area contributed by atoms with Crippen molar-refractivity contribution in [3.63, 3.8) is 0 Å². The Morgan fingerprint density at radius 2 is 1.91 bits per heavy atom. The van der Waals surface area contributed by atoms with Crippen LogP contribution in [0.3, 0.4) is 0 Å². The minimum Gasteiger partial charge on any atom is -0.480 e. The van der Waals surface area contributed by atoms with Crippen LogP contribution in [0.25, 0.3) is 5.69 Å². The van der Waals surface area contributed by atoms with Gasteiger partial charge < -0.3 is 10.0 Å². The first-order chi connectivity index (χ1) is 10.7. The molecule has 0 spiro atoms. The summed E-state index contributed by atoms with van der Waals surface area (Å²) in [7, 11) is 1.45. The maximum absolute atomic E-state index is 12.6. The normalized spacial score (nSPS) is 11.3. The predicted octanol–water partition coefficient (Wildman–Crippen LogP) is 1.82. The average molecular weight is 316 g/mol. The summed E-state index contributed by atoms with van der Waals surface area (Å²) in [5.74, 6) is -1.56. The molecular weight excluding hydrogens is 296 g/mol. The average Bonchev–Trinajstić information content (AvgIpc) is 2.87. The Bertz CT molecular complexity index is 764. The highest BCUT2D eigenvalue weighted by atomic mass is 16.4. The van der Waals surface area contributed by atoms with Crippen molar-refractivity contribution >= 4 is 11.9 Å². The second kappa shape index (κ2) is 5.83. The van der Waals surface area contributed by atoms with Gasteiger partial charge in [-0.05, 0) is 45.4 Å². The first kappa shape index (κ1) is 16.7. The van der Waals surface area contributed by atoms with Gasteiger partial charge in [0.25, 0.3) is 5.91 Å². The molecule has 0 aliphatic heterocycles. The molecule has 0 radical (unpaired) electrons. The van der Waals surface area contributed by atoms with E-state index in [0.29, 0.717) is 5.69 Å². The highest BCUT2D eigenvalue weighted by molar-refractivity contribution is 5.96. The van der Waals surface area contributed by atoms with Crippen molar-refractivity contribution in [3.8, 4) is 5.69 Å². The molecule has 7 nitrogen and oxygen atoms in total. The van der Waals surface area contributed by atoms with Crippen molar-refractivity contribution in [3.05, 3.63) is 41.2 Å². The summed E-state index contributed by atoms with van der Waals surface area (Å²) in [6, 6.07) is 7.66. The molecule has 0 fully saturated rings. The molecule has 0 saturated carbocycles. The van der Waals surface area contributed by atoms with E-state index in [-0.39, 0.29) is 5.69 Å². The van der Waals surface area contributed by atoms with Crippen molar-refractivity contribution < 1.29 is 14.7 Å². The standard InChI is InChI=1S/C16H20N4O3/c1-10-7-6-8-12(9-10)20-11(2)13(17-18-20)14(21)19(5)16(3,4)15(22)23/h6-9H,1-5H3,(H,22,23). The zero-order chi connectivity index (χ0) is 17.4. The smallest absolute Gasteiger partial charge is 0.329 e. The Morgan fingerprint density at radius 1 is 1.26 bits per heavy atom. The summed E-state index contributed by atoms with van der Waals surface area (Å²) in [4.78, 5) is 25.0. The van der Waals surface area contributed by atoms with Crippen LogP contribution in [0, 0.1) is 13.8 Å². The van der Waals surface area contributed by atoms with Gasteiger partial charge in [-0.25, -0.2) is 9.48 Å². The molecule has 0 saturated heterocycles. The Balaban J connectivity index is 2.40. The number of carbonyl (C=O) groups excluding carboxylic acids is 1. The quantitative estimate of drug-likeness (QED) is 0.929. The van der Waals surface area contributed by atoms with E-state index in [1.54, 1.807) is 11.6 Å². The molecule has 0 bridgehead atoms. The lowest BCUT2D eigenvalue weighted by molar-refractivity contribution is -0.147. The Kier molecular flexibility index (Phi) is 4.22. The van der Waals surface area contributed by atoms with Gasteiger partial charge in [0.15, 0.2) is 5.69 Å². The van der Waals surface area contributed by atoms with Gasteiger partial charge in [-0.3, -0.25) is 4.79 Å². The van der Waals surface area contributed by atoms with Crippen molar-refractivity contribution in [2.75, 3.05) is 7.05 Å². The number of likely N-dealkylation sites (N-methyl/N-ethyl adjacent to an activating group) is 1. The SMILES string of the molecule is Cc1cccc(-n2nnc(C(=O)N(C)C(C)(C)C(=O)O)c2C)c1. The molecule has 23 heavy (non-hydrogen) atoms. The maximum Gasteiger partial charge on any atom is 0.329 e. The van der Waals surface area contributed by atoms with Gasteiger partial charge in [-0.15, -0.1) is 5.10 Å². The molecule has 0 aliphatic carbocycles. The summed E-state index contributed by atoms with van der Waals surface area (Å²) in [5, 5.41) is 17.2. The van der Waals surface area contributed by atoms with Gasteiger partial charge in [0, 0.05) is 7.05 Å². The topological polar surface area (TPSA) is 88.3 Å². The van der Waals surface area contributed by atoms with Gasteiger partial charge in [0.05, 0.1) is 11.4 Å². The lowest BCUT2D eigenvalue weighted by Gasteiger charge is -2.30. The third-order valence-corrected chi connectivity index (χ3v) is 4.01. The van der Waals surface area contributed by atoms with Gasteiger partial charge in [-0.1, -0.05) is 17.3 Å². The molecule has 2 rings (SSSR count). The van der Waals surface area contributed by atoms with E-state index in [4.69, 9.17) is 0 Å². The number of rotatable bonds is 4. The number of carbonyl (C=O) groups is 2. The molecule has 2 aromatic rings. The van der Waals surface area contributed by atoms with Crippen LogP contribution in [0.1, 0.15) is 35.6 Å². The van der Waals surface area contributed by atoms with Crippen LogP contribution in [-0.2, 0) is 4.79 Å². The molecule has 122 valence electrons. The highest BCUT2D eigenvalue weighted by Crippen LogP contribution is 2.19. The lowest BCUT2D eigenvalue weighted by Crippen LogP contribution is -2.51. The Hall–Kier alpha value is -2.70. The number of benzene rings is 1. The van der Waals surface area contributed by atoms with Gasteiger partial charge >= 0.3 is 5.97 Å². The minimum atomic E-state index is -1.34. The number of aryl methyl sites for hydroxylation is 1. The number of aliphatic carboxylic acids is 1. The third-order valence-electron chi connectivity index (χ3n) is 4.01. The van der Waals surface area contributed by atoms with Crippen LogP contribution >= 0.6 is 0 Å². The second-order valence-corrected chi connectivity index (χ2v) is 6.00. The van der Waals surface area contributed by atoms with Crippen molar-refractivity contribution in [1.29, 1.82) is 0 Å². The number of hydrogen-bond donors (Lipinski definition) is 1. The molecule has 1 aromatic heterocycles. The minimum absolute atomic E-state index is 0.142.